The van der Waals surface area contributed by atoms with Crippen LogP contribution >= 0.6 is 0 Å². The zero-order valence-corrected chi connectivity index (χ0v) is 14.4. The van der Waals surface area contributed by atoms with Crippen molar-refractivity contribution in [3.63, 3.8) is 0 Å². The van der Waals surface area contributed by atoms with Gasteiger partial charge in [0.15, 0.2) is 17.3 Å². The Kier molecular flexibility index (Phi) is 4.54. The van der Waals surface area contributed by atoms with Crippen molar-refractivity contribution in [3.8, 4) is 11.5 Å². The first-order chi connectivity index (χ1) is 12.3. The van der Waals surface area contributed by atoms with Gasteiger partial charge in [-0.3, -0.25) is 0 Å². The predicted octanol–water partition coefficient (Wildman–Crippen LogP) is 2.98. The number of hydrogen-bond acceptors (Lipinski definition) is 7. The van der Waals surface area contributed by atoms with Crippen molar-refractivity contribution in [2.75, 3.05) is 23.6 Å². The van der Waals surface area contributed by atoms with E-state index in [1.165, 1.54) is 19.3 Å². The molecule has 0 radical (unpaired) electrons. The molecule has 2 aliphatic rings. The largest absolute Gasteiger partial charge is 0.454 e. The number of rotatable bonds is 5. The smallest absolute Gasteiger partial charge is 0.247 e. The number of nitrogens with zero attached hydrogens (tertiary/aromatic N) is 4. The van der Waals surface area contributed by atoms with Crippen LogP contribution in [0.25, 0.3) is 0 Å². The van der Waals surface area contributed by atoms with E-state index in [0.29, 0.717) is 19.4 Å². The van der Waals surface area contributed by atoms with Crippen LogP contribution in [-0.2, 0) is 6.54 Å². The van der Waals surface area contributed by atoms with Gasteiger partial charge in [0.25, 0.3) is 0 Å². The number of benzene rings is 1. The van der Waals surface area contributed by atoms with Crippen molar-refractivity contribution in [3.05, 3.63) is 30.0 Å². The number of anilines is 2. The number of hydrogen-bond donors (Lipinski definition) is 1. The van der Waals surface area contributed by atoms with Gasteiger partial charge in [-0.1, -0.05) is 13.0 Å². The summed E-state index contributed by atoms with van der Waals surface area (Å²) in [5.41, 5.74) is 1.11. The van der Waals surface area contributed by atoms with Crippen LogP contribution < -0.4 is 19.7 Å². The molecule has 1 aromatic carbocycles. The molecule has 132 valence electrons. The van der Waals surface area contributed by atoms with E-state index in [9.17, 15) is 0 Å². The maximum Gasteiger partial charge on any atom is 0.247 e. The van der Waals surface area contributed by atoms with Gasteiger partial charge in [-0.15, -0.1) is 5.10 Å². The van der Waals surface area contributed by atoms with Crippen LogP contribution in [0.15, 0.2) is 24.4 Å². The van der Waals surface area contributed by atoms with Gasteiger partial charge < -0.3 is 19.7 Å². The summed E-state index contributed by atoms with van der Waals surface area (Å²) in [5, 5.41) is 11.7. The van der Waals surface area contributed by atoms with Crippen LogP contribution in [-0.4, -0.2) is 34.6 Å². The molecule has 0 spiro atoms. The minimum absolute atomic E-state index is 0.292. The summed E-state index contributed by atoms with van der Waals surface area (Å²) < 4.78 is 10.8. The SMILES string of the molecule is CCC1CCCCN1c1nncc(NCc2ccc3c(c2)OCO3)n1. The third kappa shape index (κ3) is 3.45. The number of ether oxygens (including phenoxy) is 2. The topological polar surface area (TPSA) is 72.4 Å². The van der Waals surface area contributed by atoms with Gasteiger partial charge >= 0.3 is 0 Å². The zero-order chi connectivity index (χ0) is 17.1. The maximum absolute atomic E-state index is 5.42. The highest BCUT2D eigenvalue weighted by Gasteiger charge is 2.23. The average molecular weight is 341 g/mol. The standard InChI is InChI=1S/C18H23N5O2/c1-2-14-5-3-4-8-23(14)18-21-17(11-20-22-18)19-10-13-6-7-15-16(9-13)25-12-24-15/h6-7,9,11,14H,2-5,8,10,12H2,1H3,(H,19,21,22). The molecule has 2 aliphatic heterocycles. The van der Waals surface area contributed by atoms with E-state index in [2.05, 4.69) is 32.3 Å². The highest BCUT2D eigenvalue weighted by molar-refractivity contribution is 5.46. The van der Waals surface area contributed by atoms with Gasteiger partial charge in [-0.05, 0) is 43.4 Å². The Balaban J connectivity index is 1.44. The molecule has 0 amide bonds. The second kappa shape index (κ2) is 7.13. The summed E-state index contributed by atoms with van der Waals surface area (Å²) in [4.78, 5) is 6.96. The summed E-state index contributed by atoms with van der Waals surface area (Å²) in [7, 11) is 0. The molecular weight excluding hydrogens is 318 g/mol. The summed E-state index contributed by atoms with van der Waals surface area (Å²) in [6, 6.07) is 6.46. The van der Waals surface area contributed by atoms with E-state index in [0.717, 1.165) is 41.8 Å². The highest BCUT2D eigenvalue weighted by Crippen LogP contribution is 2.32. The van der Waals surface area contributed by atoms with Crippen molar-refractivity contribution in [2.24, 2.45) is 0 Å². The normalized spacial score (nSPS) is 19.1. The fourth-order valence-electron chi connectivity index (χ4n) is 3.43. The summed E-state index contributed by atoms with van der Waals surface area (Å²) in [6.45, 7) is 4.16. The second-order valence-corrected chi connectivity index (χ2v) is 6.43. The number of piperidine rings is 1. The zero-order valence-electron chi connectivity index (χ0n) is 14.4. The lowest BCUT2D eigenvalue weighted by atomic mass is 10.0. The van der Waals surface area contributed by atoms with Gasteiger partial charge in [0.2, 0.25) is 12.7 Å². The molecule has 1 unspecified atom stereocenters. The first-order valence-electron chi connectivity index (χ1n) is 8.92. The van der Waals surface area contributed by atoms with Gasteiger partial charge in [0.1, 0.15) is 0 Å². The molecule has 3 heterocycles. The van der Waals surface area contributed by atoms with E-state index >= 15 is 0 Å². The maximum atomic E-state index is 5.42. The van der Waals surface area contributed by atoms with Crippen LogP contribution in [0.1, 0.15) is 38.2 Å². The summed E-state index contributed by atoms with van der Waals surface area (Å²) >= 11 is 0. The molecule has 2 aromatic rings. The predicted molar refractivity (Wildman–Crippen MR) is 95.0 cm³/mol. The molecule has 1 fully saturated rings. The lowest BCUT2D eigenvalue weighted by molar-refractivity contribution is 0.174. The van der Waals surface area contributed by atoms with Crippen LogP contribution in [0.5, 0.6) is 11.5 Å². The van der Waals surface area contributed by atoms with E-state index in [1.54, 1.807) is 6.20 Å². The van der Waals surface area contributed by atoms with Gasteiger partial charge in [0.05, 0.1) is 6.20 Å². The van der Waals surface area contributed by atoms with Crippen molar-refractivity contribution < 1.29 is 9.47 Å². The Labute approximate surface area is 147 Å². The van der Waals surface area contributed by atoms with E-state index < -0.39 is 0 Å². The Morgan fingerprint density at radius 1 is 1.24 bits per heavy atom. The lowest BCUT2D eigenvalue weighted by Crippen LogP contribution is -2.40. The van der Waals surface area contributed by atoms with Crippen molar-refractivity contribution in [2.45, 2.75) is 45.2 Å². The fourth-order valence-corrected chi connectivity index (χ4v) is 3.43. The third-order valence-corrected chi connectivity index (χ3v) is 4.81. The molecule has 1 atom stereocenters. The Bertz CT molecular complexity index is 739. The van der Waals surface area contributed by atoms with E-state index in [4.69, 9.17) is 9.47 Å². The van der Waals surface area contributed by atoms with E-state index in [-0.39, 0.29) is 0 Å². The Hall–Kier alpha value is -2.57. The first kappa shape index (κ1) is 15.9. The van der Waals surface area contributed by atoms with Crippen LogP contribution in [0.2, 0.25) is 0 Å². The average Bonchev–Trinajstić information content (AvgIpc) is 3.14. The highest BCUT2D eigenvalue weighted by atomic mass is 16.7. The first-order valence-corrected chi connectivity index (χ1v) is 8.92. The second-order valence-electron chi connectivity index (χ2n) is 6.43. The van der Waals surface area contributed by atoms with Crippen LogP contribution in [0, 0.1) is 0 Å². The molecule has 0 saturated carbocycles. The summed E-state index contributed by atoms with van der Waals surface area (Å²) in [5.74, 6) is 3.05. The fraction of sp³-hybridized carbons (Fsp3) is 0.500. The van der Waals surface area contributed by atoms with Gasteiger partial charge in [0, 0.05) is 19.1 Å². The number of fused-ring (bicyclic) bond motifs is 1. The van der Waals surface area contributed by atoms with Crippen molar-refractivity contribution in [1.29, 1.82) is 0 Å². The molecule has 1 aromatic heterocycles. The van der Waals surface area contributed by atoms with Crippen molar-refractivity contribution >= 4 is 11.8 Å². The molecule has 25 heavy (non-hydrogen) atoms. The lowest BCUT2D eigenvalue weighted by Gasteiger charge is -2.34. The Morgan fingerprint density at radius 3 is 3.08 bits per heavy atom. The molecular formula is C18H23N5O2. The molecule has 1 N–H and O–H groups in total. The number of nitrogens with one attached hydrogen (secondary N) is 1. The van der Waals surface area contributed by atoms with E-state index in [1.807, 2.05) is 18.2 Å². The van der Waals surface area contributed by atoms with Gasteiger partial charge in [-0.2, -0.15) is 10.1 Å². The third-order valence-electron chi connectivity index (χ3n) is 4.81. The molecule has 4 rings (SSSR count). The molecule has 0 bridgehead atoms. The quantitative estimate of drug-likeness (QED) is 0.896. The van der Waals surface area contributed by atoms with Crippen LogP contribution in [0.4, 0.5) is 11.8 Å². The molecule has 1 saturated heterocycles. The van der Waals surface area contributed by atoms with Crippen molar-refractivity contribution in [1.82, 2.24) is 15.2 Å². The molecule has 7 nitrogen and oxygen atoms in total. The Morgan fingerprint density at radius 2 is 2.16 bits per heavy atom. The van der Waals surface area contributed by atoms with Gasteiger partial charge in [-0.25, -0.2) is 0 Å². The molecule has 0 aliphatic carbocycles. The van der Waals surface area contributed by atoms with Crippen LogP contribution in [0.3, 0.4) is 0 Å². The minimum Gasteiger partial charge on any atom is -0.454 e. The minimum atomic E-state index is 0.292. The summed E-state index contributed by atoms with van der Waals surface area (Å²) in [6.07, 6.45) is 6.45. The number of aromatic nitrogens is 3. The monoisotopic (exact) mass is 341 g/mol. The molecule has 7 heteroatoms.